The smallest absolute Gasteiger partial charge is 0.306 e. The van der Waals surface area contributed by atoms with E-state index in [1.54, 1.807) is 6.08 Å². The molecule has 1 amide bonds. The SMILES string of the molecule is CCCCC/C=C\C/C=C\C/C=C\C/C=C\CCCCCCCCCCCC(=O)OC1C(OCC(NC(=O)C(O)CCCCCCCCCCCCCCCC/C=C\C/C=C\CCCCC)C(O)/C=C/CCCCCCCCCCCC)OC(CO)C(O)C1O. The van der Waals surface area contributed by atoms with Gasteiger partial charge in [0, 0.05) is 6.42 Å². The van der Waals surface area contributed by atoms with E-state index in [1.165, 1.54) is 199 Å². The van der Waals surface area contributed by atoms with Crippen LogP contribution in [0.5, 0.6) is 0 Å². The van der Waals surface area contributed by atoms with Crippen molar-refractivity contribution in [3.05, 3.63) is 85.1 Å². The van der Waals surface area contributed by atoms with Gasteiger partial charge < -0.3 is 45.1 Å². The maximum Gasteiger partial charge on any atom is 0.306 e. The number of amides is 1. The quantitative estimate of drug-likeness (QED) is 0.0195. The molecular formula is C79H141NO10. The molecule has 11 nitrogen and oxygen atoms in total. The Labute approximate surface area is 553 Å². The van der Waals surface area contributed by atoms with Crippen LogP contribution < -0.4 is 5.32 Å². The maximum atomic E-state index is 13.5. The Bertz CT molecular complexity index is 1790. The van der Waals surface area contributed by atoms with Gasteiger partial charge in [0.1, 0.15) is 24.4 Å². The van der Waals surface area contributed by atoms with Crippen molar-refractivity contribution in [2.24, 2.45) is 0 Å². The summed E-state index contributed by atoms with van der Waals surface area (Å²) in [5, 5.41) is 57.4. The molecule has 11 heteroatoms. The third-order valence-corrected chi connectivity index (χ3v) is 17.5. The zero-order chi connectivity index (χ0) is 65.3. The number of rotatable bonds is 65. The average Bonchev–Trinajstić information content (AvgIpc) is 1.18. The summed E-state index contributed by atoms with van der Waals surface area (Å²) >= 11 is 0. The van der Waals surface area contributed by atoms with Crippen LogP contribution in [0, 0.1) is 0 Å². The fraction of sp³-hybridized carbons (Fsp3) is 0.797. The predicted molar refractivity (Wildman–Crippen MR) is 379 cm³/mol. The summed E-state index contributed by atoms with van der Waals surface area (Å²) in [4.78, 5) is 26.7. The Morgan fingerprint density at radius 3 is 1.17 bits per heavy atom. The van der Waals surface area contributed by atoms with Crippen molar-refractivity contribution in [1.82, 2.24) is 5.32 Å². The van der Waals surface area contributed by atoms with Crippen molar-refractivity contribution in [2.75, 3.05) is 13.2 Å². The summed E-state index contributed by atoms with van der Waals surface area (Å²) in [6.07, 6.45) is 77.6. The van der Waals surface area contributed by atoms with Crippen molar-refractivity contribution in [2.45, 2.75) is 391 Å². The lowest BCUT2D eigenvalue weighted by molar-refractivity contribution is -0.305. The topological polar surface area (TPSA) is 175 Å². The Balaban J connectivity index is 2.54. The predicted octanol–water partition coefficient (Wildman–Crippen LogP) is 20.0. The largest absolute Gasteiger partial charge is 0.454 e. The highest BCUT2D eigenvalue weighted by Crippen LogP contribution is 2.26. The minimum Gasteiger partial charge on any atom is -0.454 e. The first-order valence-electron chi connectivity index (χ1n) is 37.9. The van der Waals surface area contributed by atoms with Crippen molar-refractivity contribution < 1.29 is 49.3 Å². The van der Waals surface area contributed by atoms with Crippen molar-refractivity contribution >= 4 is 11.9 Å². The van der Waals surface area contributed by atoms with Crippen molar-refractivity contribution in [3.8, 4) is 0 Å². The lowest BCUT2D eigenvalue weighted by Gasteiger charge is -2.41. The third kappa shape index (κ3) is 52.2. The van der Waals surface area contributed by atoms with Crippen molar-refractivity contribution in [1.29, 1.82) is 0 Å². The van der Waals surface area contributed by atoms with E-state index in [0.29, 0.717) is 12.8 Å². The van der Waals surface area contributed by atoms with Crippen LogP contribution in [0.15, 0.2) is 85.1 Å². The van der Waals surface area contributed by atoms with Gasteiger partial charge >= 0.3 is 5.97 Å². The molecule has 8 unspecified atom stereocenters. The summed E-state index contributed by atoms with van der Waals surface area (Å²) in [5.74, 6) is -1.19. The number of allylic oxidation sites excluding steroid dienone is 13. The molecule has 0 spiro atoms. The average molecular weight is 1260 g/mol. The summed E-state index contributed by atoms with van der Waals surface area (Å²) < 4.78 is 17.7. The van der Waals surface area contributed by atoms with Crippen LogP contribution in [-0.4, -0.2) is 99.6 Å². The second-order valence-electron chi connectivity index (χ2n) is 26.0. The van der Waals surface area contributed by atoms with Crippen LogP contribution in [-0.2, 0) is 23.8 Å². The number of aliphatic hydroxyl groups is 5. The molecule has 0 aliphatic carbocycles. The highest BCUT2D eigenvalue weighted by molar-refractivity contribution is 5.80. The van der Waals surface area contributed by atoms with E-state index < -0.39 is 67.4 Å². The summed E-state index contributed by atoms with van der Waals surface area (Å²) in [6.45, 7) is 5.77. The molecule has 1 aliphatic heterocycles. The lowest BCUT2D eigenvalue weighted by Crippen LogP contribution is -2.61. The molecular weight excluding hydrogens is 1120 g/mol. The van der Waals surface area contributed by atoms with Gasteiger partial charge in [0.2, 0.25) is 5.91 Å². The molecule has 522 valence electrons. The number of nitrogens with one attached hydrogen (secondary N) is 1. The first kappa shape index (κ1) is 84.9. The molecule has 0 aromatic heterocycles. The number of carbonyl (C=O) groups is 2. The van der Waals surface area contributed by atoms with Crippen LogP contribution in [0.1, 0.15) is 342 Å². The molecule has 0 bridgehead atoms. The minimum absolute atomic E-state index is 0.115. The van der Waals surface area contributed by atoms with E-state index >= 15 is 0 Å². The fourth-order valence-corrected chi connectivity index (χ4v) is 11.6. The molecule has 0 radical (unpaired) electrons. The lowest BCUT2D eigenvalue weighted by atomic mass is 9.99. The zero-order valence-corrected chi connectivity index (χ0v) is 58.2. The fourth-order valence-electron chi connectivity index (χ4n) is 11.6. The van der Waals surface area contributed by atoms with E-state index in [1.807, 2.05) is 6.08 Å². The zero-order valence-electron chi connectivity index (χ0n) is 58.2. The molecule has 0 aromatic carbocycles. The van der Waals surface area contributed by atoms with Crippen molar-refractivity contribution in [3.63, 3.8) is 0 Å². The van der Waals surface area contributed by atoms with E-state index in [0.717, 1.165) is 96.3 Å². The number of carbonyl (C=O) groups excluding carboxylic acids is 2. The number of esters is 1. The highest BCUT2D eigenvalue weighted by atomic mass is 16.7. The Morgan fingerprint density at radius 2 is 0.767 bits per heavy atom. The molecule has 90 heavy (non-hydrogen) atoms. The molecule has 1 saturated heterocycles. The van der Waals surface area contributed by atoms with Crippen LogP contribution in [0.2, 0.25) is 0 Å². The van der Waals surface area contributed by atoms with Crippen LogP contribution in [0.25, 0.3) is 0 Å². The van der Waals surface area contributed by atoms with Gasteiger partial charge in [-0.2, -0.15) is 0 Å². The summed E-state index contributed by atoms with van der Waals surface area (Å²) in [6, 6.07) is -1.03. The Kier molecular flexibility index (Phi) is 62.1. The van der Waals surface area contributed by atoms with E-state index in [9.17, 15) is 35.1 Å². The number of hydrogen-bond donors (Lipinski definition) is 6. The van der Waals surface area contributed by atoms with Gasteiger partial charge in [-0.3, -0.25) is 9.59 Å². The normalized spacial score (nSPS) is 18.5. The van der Waals surface area contributed by atoms with Crippen LogP contribution in [0.4, 0.5) is 0 Å². The third-order valence-electron chi connectivity index (χ3n) is 17.5. The van der Waals surface area contributed by atoms with Gasteiger partial charge in [-0.1, -0.05) is 318 Å². The van der Waals surface area contributed by atoms with Crippen LogP contribution in [0.3, 0.4) is 0 Å². The highest BCUT2D eigenvalue weighted by Gasteiger charge is 2.47. The first-order chi connectivity index (χ1) is 44.2. The molecule has 8 atom stereocenters. The van der Waals surface area contributed by atoms with Gasteiger partial charge in [0.25, 0.3) is 0 Å². The van der Waals surface area contributed by atoms with E-state index in [4.69, 9.17) is 14.2 Å². The first-order valence-corrected chi connectivity index (χ1v) is 37.9. The van der Waals surface area contributed by atoms with E-state index in [2.05, 4.69) is 99.0 Å². The Morgan fingerprint density at radius 1 is 0.433 bits per heavy atom. The number of aliphatic hydroxyl groups excluding tert-OH is 5. The van der Waals surface area contributed by atoms with Crippen LogP contribution >= 0.6 is 0 Å². The molecule has 1 heterocycles. The second-order valence-corrected chi connectivity index (χ2v) is 26.0. The number of unbranched alkanes of at least 4 members (excludes halogenated alkanes) is 39. The van der Waals surface area contributed by atoms with Gasteiger partial charge in [-0.15, -0.1) is 0 Å². The number of hydrogen-bond acceptors (Lipinski definition) is 10. The standard InChI is InChI=1S/C79H141NO10/c1-4-7-10-13-16-19-22-25-27-29-31-33-35-37-39-41-43-45-47-49-52-55-58-61-64-67-74(84)90-77-76(86)75(85)73(68-81)89-79(77)88-69-70(71(82)65-62-59-56-53-50-24-21-18-15-12-9-6-3)80-78(87)72(83)66-63-60-57-54-51-48-46-44-42-40-38-36-34-32-30-28-26-23-20-17-14-11-8-5-2/h16-17,19-20,25-28,31,33,37,39,62,65,70-73,75-77,79,81-83,85-86H,4-15,18,21-24,29-30,32,34-36,38,40-61,63-64,66-69H2,1-3H3,(H,80,87)/b19-16-,20-17-,27-25-,28-26-,33-31-,39-37-,65-62+. The molecule has 1 rings (SSSR count). The van der Waals surface area contributed by atoms with Gasteiger partial charge in [-0.25, -0.2) is 0 Å². The van der Waals surface area contributed by atoms with Gasteiger partial charge in [0.05, 0.1) is 25.4 Å². The van der Waals surface area contributed by atoms with E-state index in [-0.39, 0.29) is 19.4 Å². The Hall–Kier alpha value is -3.16. The molecule has 6 N–H and O–H groups in total. The maximum absolute atomic E-state index is 13.5. The second kappa shape index (κ2) is 65.9. The molecule has 0 aromatic rings. The van der Waals surface area contributed by atoms with Gasteiger partial charge in [-0.05, 0) is 103 Å². The molecule has 1 fully saturated rings. The monoisotopic (exact) mass is 1260 g/mol. The molecule has 1 aliphatic rings. The summed E-state index contributed by atoms with van der Waals surface area (Å²) in [5.41, 5.74) is 0. The van der Waals surface area contributed by atoms with Gasteiger partial charge in [0.15, 0.2) is 12.4 Å². The minimum atomic E-state index is -1.62. The number of ether oxygens (including phenoxy) is 3. The molecule has 0 saturated carbocycles. The summed E-state index contributed by atoms with van der Waals surface area (Å²) in [7, 11) is 0.